The molecule has 13 heavy (non-hydrogen) atoms. The topological polar surface area (TPSA) is 3.24 Å². The van der Waals surface area contributed by atoms with Gasteiger partial charge in [0.05, 0.1) is 6.54 Å². The molecule has 1 heterocycles. The summed E-state index contributed by atoms with van der Waals surface area (Å²) in [7, 11) is 0. The van der Waals surface area contributed by atoms with Gasteiger partial charge in [0, 0.05) is 18.5 Å². The zero-order valence-electron chi connectivity index (χ0n) is 8.85. The minimum atomic E-state index is -2.49. The van der Waals surface area contributed by atoms with Gasteiger partial charge in [-0.2, -0.15) is 0 Å². The predicted octanol–water partition coefficient (Wildman–Crippen LogP) is 2.62. The maximum absolute atomic E-state index is 13.4. The molecule has 0 spiro atoms. The van der Waals surface area contributed by atoms with Gasteiger partial charge < -0.3 is 0 Å². The van der Waals surface area contributed by atoms with Crippen LogP contribution in [-0.4, -0.2) is 30.0 Å². The monoisotopic (exact) mass is 191 g/mol. The van der Waals surface area contributed by atoms with E-state index in [1.165, 1.54) is 0 Å². The molecule has 0 bridgehead atoms. The first kappa shape index (κ1) is 10.9. The van der Waals surface area contributed by atoms with Gasteiger partial charge in [0.1, 0.15) is 0 Å². The van der Waals surface area contributed by atoms with E-state index in [-0.39, 0.29) is 18.5 Å². The first-order valence-corrected chi connectivity index (χ1v) is 4.96. The molecule has 1 rings (SSSR count). The molecule has 0 aliphatic carbocycles. The summed E-state index contributed by atoms with van der Waals surface area (Å²) in [6.07, 6.45) is 0. The van der Waals surface area contributed by atoms with E-state index in [0.29, 0.717) is 6.54 Å². The Hall–Kier alpha value is -0.180. The van der Waals surface area contributed by atoms with Crippen LogP contribution in [0, 0.1) is 11.8 Å². The fourth-order valence-electron chi connectivity index (χ4n) is 1.93. The normalized spacial score (nSPS) is 29.1. The lowest BCUT2D eigenvalue weighted by Crippen LogP contribution is -2.31. The Morgan fingerprint density at radius 1 is 1.23 bits per heavy atom. The minimum absolute atomic E-state index is 0.0620. The summed E-state index contributed by atoms with van der Waals surface area (Å²) >= 11 is 0. The largest absolute Gasteiger partial charge is 0.295 e. The molecule has 1 aliphatic rings. The second-order valence-electron chi connectivity index (χ2n) is 4.63. The standard InChI is InChI=1S/C10H19F2N/c1-7(2)9-5-13(8(3)4)6-10(9,11)12/h7-9H,5-6H2,1-4H3/t9-/m1/s1. The highest BCUT2D eigenvalue weighted by atomic mass is 19.3. The molecule has 0 aromatic rings. The summed E-state index contributed by atoms with van der Waals surface area (Å²) in [5, 5.41) is 0. The number of rotatable bonds is 2. The van der Waals surface area contributed by atoms with Crippen molar-refractivity contribution < 1.29 is 8.78 Å². The van der Waals surface area contributed by atoms with Crippen molar-refractivity contribution in [3.63, 3.8) is 0 Å². The highest BCUT2D eigenvalue weighted by Crippen LogP contribution is 2.38. The van der Waals surface area contributed by atoms with Crippen molar-refractivity contribution in [1.82, 2.24) is 4.90 Å². The van der Waals surface area contributed by atoms with Crippen molar-refractivity contribution in [1.29, 1.82) is 0 Å². The number of hydrogen-bond donors (Lipinski definition) is 0. The quantitative estimate of drug-likeness (QED) is 0.648. The average Bonchev–Trinajstić information content (AvgIpc) is 2.25. The van der Waals surface area contributed by atoms with E-state index in [1.807, 2.05) is 32.6 Å². The maximum atomic E-state index is 13.4. The van der Waals surface area contributed by atoms with Crippen LogP contribution >= 0.6 is 0 Å². The van der Waals surface area contributed by atoms with Gasteiger partial charge in [-0.3, -0.25) is 4.90 Å². The Labute approximate surface area is 79.1 Å². The van der Waals surface area contributed by atoms with Crippen molar-refractivity contribution >= 4 is 0 Å². The zero-order valence-corrected chi connectivity index (χ0v) is 8.85. The fourth-order valence-corrected chi connectivity index (χ4v) is 1.93. The molecule has 0 unspecified atom stereocenters. The Balaban J connectivity index is 2.68. The van der Waals surface area contributed by atoms with Gasteiger partial charge in [-0.15, -0.1) is 0 Å². The summed E-state index contributed by atoms with van der Waals surface area (Å²) in [5.41, 5.74) is 0. The second-order valence-corrected chi connectivity index (χ2v) is 4.63. The molecule has 1 nitrogen and oxygen atoms in total. The number of nitrogens with zero attached hydrogens (tertiary/aromatic N) is 1. The lowest BCUT2D eigenvalue weighted by Gasteiger charge is -2.20. The molecule has 1 atom stereocenters. The Morgan fingerprint density at radius 3 is 2.00 bits per heavy atom. The lowest BCUT2D eigenvalue weighted by atomic mass is 9.92. The lowest BCUT2D eigenvalue weighted by molar-refractivity contribution is -0.0422. The smallest absolute Gasteiger partial charge is 0.264 e. The maximum Gasteiger partial charge on any atom is 0.264 e. The van der Waals surface area contributed by atoms with E-state index in [4.69, 9.17) is 0 Å². The van der Waals surface area contributed by atoms with Crippen molar-refractivity contribution in [2.75, 3.05) is 13.1 Å². The number of likely N-dealkylation sites (tertiary alicyclic amines) is 1. The van der Waals surface area contributed by atoms with Crippen molar-refractivity contribution in [2.24, 2.45) is 11.8 Å². The van der Waals surface area contributed by atoms with Crippen LogP contribution in [0.25, 0.3) is 0 Å². The van der Waals surface area contributed by atoms with Gasteiger partial charge in [-0.25, -0.2) is 8.78 Å². The van der Waals surface area contributed by atoms with E-state index >= 15 is 0 Å². The molecule has 0 amide bonds. The zero-order chi connectivity index (χ0) is 10.2. The van der Waals surface area contributed by atoms with Gasteiger partial charge in [-0.05, 0) is 19.8 Å². The predicted molar refractivity (Wildman–Crippen MR) is 50.0 cm³/mol. The molecule has 78 valence electrons. The Bertz CT molecular complexity index is 178. The van der Waals surface area contributed by atoms with Crippen LogP contribution < -0.4 is 0 Å². The van der Waals surface area contributed by atoms with Gasteiger partial charge in [-0.1, -0.05) is 13.8 Å². The van der Waals surface area contributed by atoms with Gasteiger partial charge in [0.15, 0.2) is 0 Å². The SMILES string of the molecule is CC(C)[C@H]1CN(C(C)C)CC1(F)F. The van der Waals surface area contributed by atoms with Crippen LogP contribution in [0.5, 0.6) is 0 Å². The van der Waals surface area contributed by atoms with Gasteiger partial charge >= 0.3 is 0 Å². The van der Waals surface area contributed by atoms with Crippen molar-refractivity contribution in [3.8, 4) is 0 Å². The molecule has 1 saturated heterocycles. The average molecular weight is 191 g/mol. The number of alkyl halides is 2. The molecule has 0 aromatic heterocycles. The third-order valence-electron chi connectivity index (χ3n) is 2.92. The molecule has 1 aliphatic heterocycles. The number of hydrogen-bond acceptors (Lipinski definition) is 1. The fraction of sp³-hybridized carbons (Fsp3) is 1.00. The van der Waals surface area contributed by atoms with Crippen LogP contribution in [-0.2, 0) is 0 Å². The van der Waals surface area contributed by atoms with E-state index < -0.39 is 11.8 Å². The third kappa shape index (κ3) is 2.19. The molecule has 0 aromatic carbocycles. The van der Waals surface area contributed by atoms with Gasteiger partial charge in [0.2, 0.25) is 0 Å². The summed E-state index contributed by atoms with van der Waals surface area (Å²) in [6.45, 7) is 8.18. The highest BCUT2D eigenvalue weighted by molar-refractivity contribution is 4.92. The summed E-state index contributed by atoms with van der Waals surface area (Å²) in [4.78, 5) is 1.87. The Morgan fingerprint density at radius 2 is 1.77 bits per heavy atom. The third-order valence-corrected chi connectivity index (χ3v) is 2.92. The van der Waals surface area contributed by atoms with Crippen molar-refractivity contribution in [2.45, 2.75) is 39.7 Å². The minimum Gasteiger partial charge on any atom is -0.295 e. The summed E-state index contributed by atoms with van der Waals surface area (Å²) in [5.74, 6) is -2.88. The van der Waals surface area contributed by atoms with E-state index in [1.54, 1.807) is 0 Å². The van der Waals surface area contributed by atoms with Crippen LogP contribution in [0.15, 0.2) is 0 Å². The second kappa shape index (κ2) is 3.52. The molecule has 0 N–H and O–H groups in total. The summed E-state index contributed by atoms with van der Waals surface area (Å²) in [6, 6.07) is 0.231. The van der Waals surface area contributed by atoms with Gasteiger partial charge in [0.25, 0.3) is 5.92 Å². The molecule has 1 fully saturated rings. The van der Waals surface area contributed by atoms with Crippen LogP contribution in [0.2, 0.25) is 0 Å². The molecule has 0 radical (unpaired) electrons. The molecule has 0 saturated carbocycles. The molecule has 3 heteroatoms. The van der Waals surface area contributed by atoms with Crippen LogP contribution in [0.4, 0.5) is 8.78 Å². The summed E-state index contributed by atoms with van der Waals surface area (Å²) < 4.78 is 26.9. The highest BCUT2D eigenvalue weighted by Gasteiger charge is 2.49. The number of halogens is 2. The first-order valence-electron chi connectivity index (χ1n) is 4.96. The van der Waals surface area contributed by atoms with Crippen LogP contribution in [0.3, 0.4) is 0 Å². The molecular weight excluding hydrogens is 172 g/mol. The van der Waals surface area contributed by atoms with E-state index in [0.717, 1.165) is 0 Å². The molecular formula is C10H19F2N. The van der Waals surface area contributed by atoms with E-state index in [2.05, 4.69) is 0 Å². The Kier molecular flexibility index (Phi) is 2.95. The van der Waals surface area contributed by atoms with Crippen LogP contribution in [0.1, 0.15) is 27.7 Å². The van der Waals surface area contributed by atoms with Crippen molar-refractivity contribution in [3.05, 3.63) is 0 Å². The van der Waals surface area contributed by atoms with E-state index in [9.17, 15) is 8.78 Å². The first-order chi connectivity index (χ1) is 5.84.